The Morgan fingerprint density at radius 3 is 2.28 bits per heavy atom. The van der Waals surface area contributed by atoms with Crippen molar-refractivity contribution in [2.45, 2.75) is 40.1 Å². The van der Waals surface area contributed by atoms with E-state index in [1.165, 1.54) is 0 Å². The monoisotopic (exact) mass is 403 g/mol. The first-order valence-corrected chi connectivity index (χ1v) is 10.6. The predicted molar refractivity (Wildman–Crippen MR) is 120 cm³/mol. The van der Waals surface area contributed by atoms with Crippen LogP contribution in [0.1, 0.15) is 26.3 Å². The molecule has 1 heterocycles. The van der Waals surface area contributed by atoms with E-state index in [4.69, 9.17) is 0 Å². The van der Waals surface area contributed by atoms with Crippen molar-refractivity contribution in [3.63, 3.8) is 0 Å². The van der Waals surface area contributed by atoms with Gasteiger partial charge < -0.3 is 24.3 Å². The summed E-state index contributed by atoms with van der Waals surface area (Å²) in [5.74, 6) is 0. The Bertz CT molecular complexity index is 703. The maximum atomic E-state index is 10.7. The third-order valence-electron chi connectivity index (χ3n) is 6.07. The molecule has 0 saturated heterocycles. The molecule has 1 aromatic rings. The summed E-state index contributed by atoms with van der Waals surface area (Å²) in [5.41, 5.74) is 3.07. The van der Waals surface area contributed by atoms with Gasteiger partial charge in [-0.25, -0.2) is 0 Å². The van der Waals surface area contributed by atoms with Gasteiger partial charge in [0.25, 0.3) is 0 Å². The molecule has 0 spiro atoms. The number of nitrogens with zero attached hydrogens (tertiary/aromatic N) is 6. The molecule has 7 heteroatoms. The number of azo groups is 1. The molecule has 2 rings (SSSR count). The molecular formula is C22H39N6O+. The first-order chi connectivity index (χ1) is 13.7. The molecule has 29 heavy (non-hydrogen) atoms. The van der Waals surface area contributed by atoms with Gasteiger partial charge in [0.15, 0.2) is 0 Å². The van der Waals surface area contributed by atoms with Crippen LogP contribution in [0.25, 0.3) is 0 Å². The molecule has 1 aromatic carbocycles. The Hall–Kier alpha value is -2.12. The fourth-order valence-corrected chi connectivity index (χ4v) is 3.60. The highest BCUT2D eigenvalue weighted by atomic mass is 16.3. The molecule has 7 nitrogen and oxygen atoms in total. The summed E-state index contributed by atoms with van der Waals surface area (Å²) in [5, 5.41) is 19.6. The molecule has 1 aliphatic heterocycles. The normalized spacial score (nSPS) is 16.3. The average Bonchev–Trinajstić information content (AvgIpc) is 3.02. The van der Waals surface area contributed by atoms with Crippen LogP contribution in [-0.4, -0.2) is 85.6 Å². The molecule has 0 fully saturated rings. The van der Waals surface area contributed by atoms with Gasteiger partial charge in [-0.15, -0.1) is 5.11 Å². The van der Waals surface area contributed by atoms with Crippen molar-refractivity contribution in [2.75, 3.05) is 58.8 Å². The zero-order chi connectivity index (χ0) is 21.6. The summed E-state index contributed by atoms with van der Waals surface area (Å²) in [4.78, 5) is 6.27. The number of likely N-dealkylation sites (N-methyl/N-ethyl adjacent to an activating group) is 2. The molecule has 0 amide bonds. The second-order valence-electron chi connectivity index (χ2n) is 8.29. The Morgan fingerprint density at radius 1 is 1.14 bits per heavy atom. The lowest BCUT2D eigenvalue weighted by Crippen LogP contribution is -2.51. The van der Waals surface area contributed by atoms with Crippen molar-refractivity contribution < 1.29 is 9.59 Å². The van der Waals surface area contributed by atoms with Crippen molar-refractivity contribution >= 4 is 11.4 Å². The Kier molecular flexibility index (Phi) is 8.05. The largest absolute Gasteiger partial charge is 0.385 e. The van der Waals surface area contributed by atoms with E-state index in [-0.39, 0.29) is 12.4 Å². The highest BCUT2D eigenvalue weighted by Crippen LogP contribution is 2.26. The van der Waals surface area contributed by atoms with Crippen molar-refractivity contribution in [3.05, 3.63) is 36.2 Å². The van der Waals surface area contributed by atoms with Crippen LogP contribution in [0.15, 0.2) is 40.8 Å². The van der Waals surface area contributed by atoms with Crippen LogP contribution >= 0.6 is 0 Å². The molecule has 0 aliphatic carbocycles. The highest BCUT2D eigenvalue weighted by molar-refractivity contribution is 5.57. The summed E-state index contributed by atoms with van der Waals surface area (Å²) in [6.45, 7) is 12.9. The molecule has 1 N–H and O–H groups in total. The van der Waals surface area contributed by atoms with Crippen LogP contribution in [0.2, 0.25) is 0 Å². The molecule has 1 aliphatic rings. The smallest absolute Gasteiger partial charge is 0.217 e. The Labute approximate surface area is 176 Å². The van der Waals surface area contributed by atoms with E-state index in [2.05, 4.69) is 62.0 Å². The standard InChI is InChI=1S/C22H39N6O/c1-8-27(16-20(29)17-28(7,9-2)10-3)19-11-12-21(18(4)15-19)23-24-22-25(5)13-14-26(22)6/h11-15,20,22,29H,8-10,16-17H2,1-7H3/q+1. The van der Waals surface area contributed by atoms with Crippen molar-refractivity contribution in [1.82, 2.24) is 9.80 Å². The number of quaternary nitrogens is 1. The van der Waals surface area contributed by atoms with Crippen molar-refractivity contribution in [2.24, 2.45) is 10.2 Å². The zero-order valence-electron chi connectivity index (χ0n) is 19.2. The van der Waals surface area contributed by atoms with Gasteiger partial charge in [-0.05, 0) is 51.5 Å². The lowest BCUT2D eigenvalue weighted by Gasteiger charge is -2.35. The van der Waals surface area contributed by atoms with E-state index in [0.717, 1.165) is 47.6 Å². The third-order valence-corrected chi connectivity index (χ3v) is 6.07. The predicted octanol–water partition coefficient (Wildman–Crippen LogP) is 3.38. The molecule has 0 aromatic heterocycles. The number of aliphatic hydroxyl groups excluding tert-OH is 1. The molecular weight excluding hydrogens is 364 g/mol. The third kappa shape index (κ3) is 5.93. The van der Waals surface area contributed by atoms with Gasteiger partial charge >= 0.3 is 0 Å². The number of hydrogen-bond donors (Lipinski definition) is 1. The van der Waals surface area contributed by atoms with Gasteiger partial charge in [0.05, 0.1) is 25.8 Å². The van der Waals surface area contributed by atoms with Gasteiger partial charge in [-0.1, -0.05) is 0 Å². The van der Waals surface area contributed by atoms with Gasteiger partial charge in [0.2, 0.25) is 6.29 Å². The number of aryl methyl sites for hydroxylation is 1. The van der Waals surface area contributed by atoms with Gasteiger partial charge in [-0.3, -0.25) is 0 Å². The summed E-state index contributed by atoms with van der Waals surface area (Å²) < 4.78 is 0.885. The summed E-state index contributed by atoms with van der Waals surface area (Å²) in [7, 11) is 6.19. The first-order valence-electron chi connectivity index (χ1n) is 10.6. The topological polar surface area (TPSA) is 54.7 Å². The van der Waals surface area contributed by atoms with E-state index in [1.54, 1.807) is 0 Å². The second-order valence-corrected chi connectivity index (χ2v) is 8.29. The molecule has 1 atom stereocenters. The number of hydrogen-bond acceptors (Lipinski definition) is 6. The highest BCUT2D eigenvalue weighted by Gasteiger charge is 2.23. The number of rotatable bonds is 10. The van der Waals surface area contributed by atoms with Crippen LogP contribution in [0.3, 0.4) is 0 Å². The van der Waals surface area contributed by atoms with Crippen molar-refractivity contribution in [1.29, 1.82) is 0 Å². The summed E-state index contributed by atoms with van der Waals surface area (Å²) in [6.07, 6.45) is 3.52. The van der Waals surface area contributed by atoms with Crippen LogP contribution in [0, 0.1) is 6.92 Å². The maximum absolute atomic E-state index is 10.7. The quantitative estimate of drug-likeness (QED) is 0.481. The second kappa shape index (κ2) is 10.1. The molecule has 0 saturated carbocycles. The lowest BCUT2D eigenvalue weighted by molar-refractivity contribution is -0.908. The molecule has 0 bridgehead atoms. The van der Waals surface area contributed by atoms with Crippen molar-refractivity contribution in [3.8, 4) is 0 Å². The first kappa shape index (κ1) is 23.2. The molecule has 1 unspecified atom stereocenters. The van der Waals surface area contributed by atoms with Gasteiger partial charge in [0.1, 0.15) is 12.6 Å². The zero-order valence-corrected chi connectivity index (χ0v) is 19.2. The Balaban J connectivity index is 2.07. The maximum Gasteiger partial charge on any atom is 0.217 e. The van der Waals surface area contributed by atoms with E-state index in [9.17, 15) is 5.11 Å². The van der Waals surface area contributed by atoms with Gasteiger partial charge in [-0.2, -0.15) is 5.11 Å². The van der Waals surface area contributed by atoms with E-state index >= 15 is 0 Å². The van der Waals surface area contributed by atoms with E-state index in [0.29, 0.717) is 6.54 Å². The fourth-order valence-electron chi connectivity index (χ4n) is 3.60. The minimum Gasteiger partial charge on any atom is -0.385 e. The number of benzene rings is 1. The average molecular weight is 404 g/mol. The molecule has 162 valence electrons. The van der Waals surface area contributed by atoms with Crippen LogP contribution < -0.4 is 4.90 Å². The van der Waals surface area contributed by atoms with Gasteiger partial charge in [0, 0.05) is 45.3 Å². The van der Waals surface area contributed by atoms with Crippen LogP contribution in [0.5, 0.6) is 0 Å². The SMILES string of the molecule is CCN(CC(O)C[N+](C)(CC)CC)c1ccc(N=NC2N(C)C=CN2C)c(C)c1. The molecule has 0 radical (unpaired) electrons. The van der Waals surface area contributed by atoms with Crippen LogP contribution in [0.4, 0.5) is 11.4 Å². The van der Waals surface area contributed by atoms with E-state index < -0.39 is 0 Å². The van der Waals surface area contributed by atoms with Crippen LogP contribution in [-0.2, 0) is 0 Å². The summed E-state index contributed by atoms with van der Waals surface area (Å²) >= 11 is 0. The number of anilines is 1. The summed E-state index contributed by atoms with van der Waals surface area (Å²) in [6, 6.07) is 6.23. The minimum atomic E-state index is -0.361. The lowest BCUT2D eigenvalue weighted by atomic mass is 10.1. The minimum absolute atomic E-state index is 0.0964. The number of aliphatic hydroxyl groups is 1. The van der Waals surface area contributed by atoms with E-state index in [1.807, 2.05) is 42.4 Å². The fraction of sp³-hybridized carbons (Fsp3) is 0.636. The Morgan fingerprint density at radius 2 is 1.76 bits per heavy atom.